The van der Waals surface area contributed by atoms with Gasteiger partial charge in [0.1, 0.15) is 11.7 Å². The lowest BCUT2D eigenvalue weighted by Gasteiger charge is -2.09. The third kappa shape index (κ3) is 1.72. The standard InChI is InChI=1S/C14H12N4O2/c1-17-6-5-16-13(17)10(8-15)9-3-4-12-11(7-9)18(2)14(19)20-12/h3-7,10H,1-2H3. The van der Waals surface area contributed by atoms with E-state index in [0.717, 1.165) is 5.56 Å². The van der Waals surface area contributed by atoms with Gasteiger partial charge in [-0.15, -0.1) is 0 Å². The van der Waals surface area contributed by atoms with E-state index in [2.05, 4.69) is 11.1 Å². The van der Waals surface area contributed by atoms with E-state index in [1.165, 1.54) is 4.57 Å². The number of benzene rings is 1. The summed E-state index contributed by atoms with van der Waals surface area (Å²) in [5.74, 6) is -0.229. The summed E-state index contributed by atoms with van der Waals surface area (Å²) in [5, 5.41) is 9.43. The quantitative estimate of drug-likeness (QED) is 0.706. The van der Waals surface area contributed by atoms with E-state index >= 15 is 0 Å². The smallest absolute Gasteiger partial charge is 0.408 e. The van der Waals surface area contributed by atoms with Gasteiger partial charge in [-0.2, -0.15) is 5.26 Å². The van der Waals surface area contributed by atoms with Gasteiger partial charge >= 0.3 is 5.76 Å². The number of nitrogens with zero attached hydrogens (tertiary/aromatic N) is 4. The van der Waals surface area contributed by atoms with Gasteiger partial charge in [-0.1, -0.05) is 6.07 Å². The van der Waals surface area contributed by atoms with Crippen molar-refractivity contribution in [3.05, 3.63) is 52.5 Å². The minimum Gasteiger partial charge on any atom is -0.408 e. The van der Waals surface area contributed by atoms with Gasteiger partial charge in [0.05, 0.1) is 11.6 Å². The van der Waals surface area contributed by atoms with E-state index in [9.17, 15) is 10.1 Å². The lowest BCUT2D eigenvalue weighted by molar-refractivity contribution is 0.528. The van der Waals surface area contributed by atoms with Crippen LogP contribution in [-0.4, -0.2) is 14.1 Å². The first kappa shape index (κ1) is 12.2. The summed E-state index contributed by atoms with van der Waals surface area (Å²) in [4.78, 5) is 15.7. The number of rotatable bonds is 2. The molecule has 6 heteroatoms. The molecule has 1 unspecified atom stereocenters. The van der Waals surface area contributed by atoms with Crippen LogP contribution in [0.15, 0.2) is 39.8 Å². The van der Waals surface area contributed by atoms with Gasteiger partial charge in [-0.25, -0.2) is 9.78 Å². The number of hydrogen-bond donors (Lipinski definition) is 0. The fourth-order valence-corrected chi connectivity index (χ4v) is 2.26. The Morgan fingerprint density at radius 1 is 1.40 bits per heavy atom. The van der Waals surface area contributed by atoms with E-state index in [0.29, 0.717) is 16.9 Å². The van der Waals surface area contributed by atoms with Crippen molar-refractivity contribution in [1.82, 2.24) is 14.1 Å². The third-order valence-corrected chi connectivity index (χ3v) is 3.39. The van der Waals surface area contributed by atoms with Crippen LogP contribution in [0.3, 0.4) is 0 Å². The minimum absolute atomic E-state index is 0.414. The van der Waals surface area contributed by atoms with Crippen molar-refractivity contribution in [2.75, 3.05) is 0 Å². The number of fused-ring (bicyclic) bond motifs is 1. The highest BCUT2D eigenvalue weighted by molar-refractivity contribution is 5.74. The Labute approximate surface area is 114 Å². The molecule has 0 aliphatic rings. The van der Waals surface area contributed by atoms with Crippen LogP contribution in [0.2, 0.25) is 0 Å². The molecule has 1 atom stereocenters. The van der Waals surface area contributed by atoms with Crippen LogP contribution < -0.4 is 5.76 Å². The van der Waals surface area contributed by atoms with Crippen LogP contribution in [0.5, 0.6) is 0 Å². The molecule has 6 nitrogen and oxygen atoms in total. The van der Waals surface area contributed by atoms with Gasteiger partial charge in [-0.05, 0) is 17.7 Å². The van der Waals surface area contributed by atoms with Crippen molar-refractivity contribution >= 4 is 11.1 Å². The van der Waals surface area contributed by atoms with E-state index in [1.807, 2.05) is 11.6 Å². The fourth-order valence-electron chi connectivity index (χ4n) is 2.26. The summed E-state index contributed by atoms with van der Waals surface area (Å²) < 4.78 is 8.32. The number of hydrogen-bond acceptors (Lipinski definition) is 4. The molecule has 0 spiro atoms. The molecule has 0 bridgehead atoms. The summed E-state index contributed by atoms with van der Waals surface area (Å²) >= 11 is 0. The average molecular weight is 268 g/mol. The Morgan fingerprint density at radius 3 is 2.85 bits per heavy atom. The minimum atomic E-state index is -0.482. The molecule has 2 heterocycles. The van der Waals surface area contributed by atoms with Gasteiger partial charge in [0.25, 0.3) is 0 Å². The number of nitriles is 1. The van der Waals surface area contributed by atoms with Crippen molar-refractivity contribution < 1.29 is 4.42 Å². The SMILES string of the molecule is Cn1ccnc1C(C#N)c1ccc2oc(=O)n(C)c2c1. The summed E-state index contributed by atoms with van der Waals surface area (Å²) in [5.41, 5.74) is 1.96. The summed E-state index contributed by atoms with van der Waals surface area (Å²) in [6.07, 6.45) is 3.46. The van der Waals surface area contributed by atoms with Crippen molar-refractivity contribution in [3.63, 3.8) is 0 Å². The second kappa shape index (κ2) is 4.38. The molecule has 1 aromatic carbocycles. The molecule has 0 radical (unpaired) electrons. The van der Waals surface area contributed by atoms with E-state index < -0.39 is 11.7 Å². The molecular weight excluding hydrogens is 256 g/mol. The monoisotopic (exact) mass is 268 g/mol. The molecule has 0 fully saturated rings. The zero-order valence-corrected chi connectivity index (χ0v) is 11.1. The van der Waals surface area contributed by atoms with Crippen molar-refractivity contribution in [2.24, 2.45) is 14.1 Å². The first-order valence-electron chi connectivity index (χ1n) is 6.08. The molecule has 0 saturated heterocycles. The van der Waals surface area contributed by atoms with E-state index in [-0.39, 0.29) is 0 Å². The summed E-state index contributed by atoms with van der Waals surface area (Å²) in [7, 11) is 3.49. The van der Waals surface area contributed by atoms with Gasteiger partial charge in [-0.3, -0.25) is 4.57 Å². The number of aromatic nitrogens is 3. The van der Waals surface area contributed by atoms with Gasteiger partial charge < -0.3 is 8.98 Å². The predicted octanol–water partition coefficient (Wildman–Crippen LogP) is 1.52. The topological polar surface area (TPSA) is 76.8 Å². The fraction of sp³-hybridized carbons (Fsp3) is 0.214. The number of oxazole rings is 1. The van der Waals surface area contributed by atoms with Crippen LogP contribution in [-0.2, 0) is 14.1 Å². The predicted molar refractivity (Wildman–Crippen MR) is 72.1 cm³/mol. The maximum atomic E-state index is 11.5. The second-order valence-electron chi connectivity index (χ2n) is 4.61. The highest BCUT2D eigenvalue weighted by atomic mass is 16.4. The second-order valence-corrected chi connectivity index (χ2v) is 4.61. The third-order valence-electron chi connectivity index (χ3n) is 3.39. The molecule has 0 saturated carbocycles. The van der Waals surface area contributed by atoms with E-state index in [1.54, 1.807) is 37.6 Å². The molecule has 0 aliphatic carbocycles. The van der Waals surface area contributed by atoms with Crippen LogP contribution in [0.4, 0.5) is 0 Å². The number of imidazole rings is 1. The molecule has 3 rings (SSSR count). The largest absolute Gasteiger partial charge is 0.419 e. The molecule has 0 amide bonds. The van der Waals surface area contributed by atoms with Crippen LogP contribution >= 0.6 is 0 Å². The Balaban J connectivity index is 2.18. The van der Waals surface area contributed by atoms with Gasteiger partial charge in [0, 0.05) is 26.5 Å². The number of aryl methyl sites for hydroxylation is 2. The lowest BCUT2D eigenvalue weighted by atomic mass is 9.99. The van der Waals surface area contributed by atoms with E-state index in [4.69, 9.17) is 4.42 Å². The molecule has 100 valence electrons. The Kier molecular flexibility index (Phi) is 2.68. The van der Waals surface area contributed by atoms with Crippen LogP contribution in [0, 0.1) is 11.3 Å². The normalized spacial score (nSPS) is 12.4. The molecule has 3 aromatic rings. The van der Waals surface area contributed by atoms with Crippen LogP contribution in [0.1, 0.15) is 17.3 Å². The summed E-state index contributed by atoms with van der Waals surface area (Å²) in [6, 6.07) is 7.54. The van der Waals surface area contributed by atoms with Crippen molar-refractivity contribution in [1.29, 1.82) is 5.26 Å². The Bertz CT molecular complexity index is 879. The van der Waals surface area contributed by atoms with Crippen molar-refractivity contribution in [2.45, 2.75) is 5.92 Å². The Hall–Kier alpha value is -2.81. The molecule has 20 heavy (non-hydrogen) atoms. The van der Waals surface area contributed by atoms with Gasteiger partial charge in [0.15, 0.2) is 5.58 Å². The summed E-state index contributed by atoms with van der Waals surface area (Å²) in [6.45, 7) is 0. The maximum Gasteiger partial charge on any atom is 0.419 e. The first-order chi connectivity index (χ1) is 9.61. The lowest BCUT2D eigenvalue weighted by Crippen LogP contribution is -2.09. The van der Waals surface area contributed by atoms with Crippen LogP contribution in [0.25, 0.3) is 11.1 Å². The molecule has 2 aromatic heterocycles. The molecule has 0 N–H and O–H groups in total. The zero-order chi connectivity index (χ0) is 14.3. The molecular formula is C14H12N4O2. The van der Waals surface area contributed by atoms with Crippen molar-refractivity contribution in [3.8, 4) is 6.07 Å². The highest BCUT2D eigenvalue weighted by Gasteiger charge is 2.19. The Morgan fingerprint density at radius 2 is 2.20 bits per heavy atom. The zero-order valence-electron chi connectivity index (χ0n) is 11.1. The highest BCUT2D eigenvalue weighted by Crippen LogP contribution is 2.25. The first-order valence-corrected chi connectivity index (χ1v) is 6.08. The average Bonchev–Trinajstić information content (AvgIpc) is 2.97. The maximum absolute atomic E-state index is 11.5. The molecule has 0 aliphatic heterocycles. The van der Waals surface area contributed by atoms with Gasteiger partial charge in [0.2, 0.25) is 0 Å².